The van der Waals surface area contributed by atoms with Crippen molar-refractivity contribution in [2.24, 2.45) is 0 Å². The van der Waals surface area contributed by atoms with Crippen LogP contribution in [0.1, 0.15) is 39.0 Å². The van der Waals surface area contributed by atoms with Crippen LogP contribution in [0.15, 0.2) is 0 Å². The van der Waals surface area contributed by atoms with E-state index in [2.05, 4.69) is 17.1 Å². The second-order valence-electron chi connectivity index (χ2n) is 5.49. The van der Waals surface area contributed by atoms with Gasteiger partial charge in [-0.1, -0.05) is 13.3 Å². The van der Waals surface area contributed by atoms with Gasteiger partial charge in [0.1, 0.15) is 0 Å². The van der Waals surface area contributed by atoms with Crippen molar-refractivity contribution in [1.29, 1.82) is 0 Å². The van der Waals surface area contributed by atoms with Crippen LogP contribution < -0.4 is 5.32 Å². The third-order valence-corrected chi connectivity index (χ3v) is 3.57. The van der Waals surface area contributed by atoms with Gasteiger partial charge in [-0.2, -0.15) is 0 Å². The molecule has 18 heavy (non-hydrogen) atoms. The molecule has 1 fully saturated rings. The van der Waals surface area contributed by atoms with Crippen molar-refractivity contribution < 1.29 is 4.79 Å². The molecule has 0 saturated carbocycles. The maximum atomic E-state index is 11.6. The molecule has 0 radical (unpaired) electrons. The van der Waals surface area contributed by atoms with E-state index in [-0.39, 0.29) is 5.91 Å². The fraction of sp³-hybridized carbons (Fsp3) is 0.929. The Morgan fingerprint density at radius 3 is 2.61 bits per heavy atom. The number of nitrogens with one attached hydrogen (secondary N) is 1. The minimum absolute atomic E-state index is 0.229. The zero-order valence-corrected chi connectivity index (χ0v) is 12.2. The van der Waals surface area contributed by atoms with E-state index >= 15 is 0 Å². The maximum absolute atomic E-state index is 11.6. The molecule has 0 spiro atoms. The number of nitrogens with zero attached hydrogens (tertiary/aromatic N) is 2. The van der Waals surface area contributed by atoms with Gasteiger partial charge in [0.2, 0.25) is 5.91 Å². The molecular formula is C14H29N3O. The van der Waals surface area contributed by atoms with E-state index in [4.69, 9.17) is 0 Å². The molecule has 0 aromatic carbocycles. The zero-order chi connectivity index (χ0) is 13.4. The Kier molecular flexibility index (Phi) is 7.28. The predicted molar refractivity (Wildman–Crippen MR) is 75.7 cm³/mol. The number of carbonyl (C=O) groups is 1. The molecule has 1 rings (SSSR count). The molecule has 1 unspecified atom stereocenters. The minimum atomic E-state index is 0.229. The summed E-state index contributed by atoms with van der Waals surface area (Å²) in [4.78, 5) is 15.7. The average Bonchev–Trinajstić information content (AvgIpc) is 2.37. The van der Waals surface area contributed by atoms with Crippen molar-refractivity contribution >= 4 is 5.91 Å². The lowest BCUT2D eigenvalue weighted by molar-refractivity contribution is -0.129. The van der Waals surface area contributed by atoms with Gasteiger partial charge in [-0.25, -0.2) is 0 Å². The molecule has 1 atom stereocenters. The SMILES string of the molecule is CCCN(CCC(=O)N(C)C)CC1CCCCN1. The van der Waals surface area contributed by atoms with Crippen LogP contribution in [0.5, 0.6) is 0 Å². The van der Waals surface area contributed by atoms with Crippen molar-refractivity contribution in [1.82, 2.24) is 15.1 Å². The first-order valence-corrected chi connectivity index (χ1v) is 7.29. The van der Waals surface area contributed by atoms with Crippen LogP contribution >= 0.6 is 0 Å². The molecule has 1 aliphatic rings. The van der Waals surface area contributed by atoms with E-state index in [1.54, 1.807) is 4.90 Å². The summed E-state index contributed by atoms with van der Waals surface area (Å²) in [5.74, 6) is 0.229. The van der Waals surface area contributed by atoms with E-state index in [0.29, 0.717) is 12.5 Å². The molecule has 1 amide bonds. The first kappa shape index (κ1) is 15.4. The topological polar surface area (TPSA) is 35.6 Å². The number of amides is 1. The van der Waals surface area contributed by atoms with Gasteiger partial charge >= 0.3 is 0 Å². The van der Waals surface area contributed by atoms with Gasteiger partial charge in [0, 0.05) is 39.6 Å². The van der Waals surface area contributed by atoms with Crippen LogP contribution in [0.4, 0.5) is 0 Å². The molecule has 1 heterocycles. The standard InChI is InChI=1S/C14H29N3O/c1-4-10-17(11-8-14(18)16(2)3)12-13-7-5-6-9-15-13/h13,15H,4-12H2,1-3H3. The lowest BCUT2D eigenvalue weighted by atomic mass is 10.0. The summed E-state index contributed by atoms with van der Waals surface area (Å²) < 4.78 is 0. The highest BCUT2D eigenvalue weighted by atomic mass is 16.2. The van der Waals surface area contributed by atoms with Gasteiger partial charge in [0.25, 0.3) is 0 Å². The van der Waals surface area contributed by atoms with Gasteiger partial charge in [-0.3, -0.25) is 4.79 Å². The molecule has 4 nitrogen and oxygen atoms in total. The number of carbonyl (C=O) groups excluding carboxylic acids is 1. The Hall–Kier alpha value is -0.610. The summed E-state index contributed by atoms with van der Waals surface area (Å²) in [5.41, 5.74) is 0. The zero-order valence-electron chi connectivity index (χ0n) is 12.2. The Morgan fingerprint density at radius 2 is 2.06 bits per heavy atom. The number of hydrogen-bond donors (Lipinski definition) is 1. The summed E-state index contributed by atoms with van der Waals surface area (Å²) in [7, 11) is 3.66. The fourth-order valence-corrected chi connectivity index (χ4v) is 2.48. The number of rotatable bonds is 7. The van der Waals surface area contributed by atoms with Gasteiger partial charge < -0.3 is 15.1 Å². The number of piperidine rings is 1. The Labute approximate surface area is 112 Å². The van der Waals surface area contributed by atoms with Gasteiger partial charge in [-0.05, 0) is 32.4 Å². The van der Waals surface area contributed by atoms with Crippen molar-refractivity contribution in [2.45, 2.75) is 45.1 Å². The Morgan fingerprint density at radius 1 is 1.28 bits per heavy atom. The molecule has 1 N–H and O–H groups in total. The van der Waals surface area contributed by atoms with E-state index in [1.807, 2.05) is 14.1 Å². The van der Waals surface area contributed by atoms with E-state index < -0.39 is 0 Å². The van der Waals surface area contributed by atoms with Crippen LogP contribution in [-0.2, 0) is 4.79 Å². The lowest BCUT2D eigenvalue weighted by Gasteiger charge is -2.30. The normalized spacial score (nSPS) is 20.1. The molecular weight excluding hydrogens is 226 g/mol. The Balaban J connectivity index is 2.31. The van der Waals surface area contributed by atoms with Gasteiger partial charge in [0.05, 0.1) is 0 Å². The third kappa shape index (κ3) is 5.83. The van der Waals surface area contributed by atoms with Gasteiger partial charge in [0.15, 0.2) is 0 Å². The van der Waals surface area contributed by atoms with Crippen LogP contribution in [0.25, 0.3) is 0 Å². The lowest BCUT2D eigenvalue weighted by Crippen LogP contribution is -2.44. The van der Waals surface area contributed by atoms with Crippen molar-refractivity contribution in [3.05, 3.63) is 0 Å². The molecule has 1 aliphatic heterocycles. The van der Waals surface area contributed by atoms with Crippen LogP contribution in [0, 0.1) is 0 Å². The maximum Gasteiger partial charge on any atom is 0.223 e. The largest absolute Gasteiger partial charge is 0.349 e. The van der Waals surface area contributed by atoms with Crippen LogP contribution in [0.3, 0.4) is 0 Å². The second-order valence-corrected chi connectivity index (χ2v) is 5.49. The minimum Gasteiger partial charge on any atom is -0.349 e. The first-order valence-electron chi connectivity index (χ1n) is 7.29. The summed E-state index contributed by atoms with van der Waals surface area (Å²) in [6.45, 7) is 6.44. The molecule has 0 aromatic rings. The first-order chi connectivity index (χ1) is 8.63. The molecule has 1 saturated heterocycles. The molecule has 4 heteroatoms. The molecule has 0 aromatic heterocycles. The highest BCUT2D eigenvalue weighted by Gasteiger charge is 2.17. The van der Waals surface area contributed by atoms with Crippen molar-refractivity contribution in [3.63, 3.8) is 0 Å². The molecule has 0 bridgehead atoms. The monoisotopic (exact) mass is 255 g/mol. The van der Waals surface area contributed by atoms with Crippen LogP contribution in [0.2, 0.25) is 0 Å². The van der Waals surface area contributed by atoms with Crippen LogP contribution in [-0.4, -0.2) is 62.0 Å². The highest BCUT2D eigenvalue weighted by molar-refractivity contribution is 5.75. The number of hydrogen-bond acceptors (Lipinski definition) is 3. The molecule has 0 aliphatic carbocycles. The van der Waals surface area contributed by atoms with Crippen molar-refractivity contribution in [2.75, 3.05) is 40.3 Å². The molecule has 106 valence electrons. The Bertz CT molecular complexity index is 237. The summed E-state index contributed by atoms with van der Waals surface area (Å²) in [6.07, 6.45) is 5.72. The average molecular weight is 255 g/mol. The smallest absolute Gasteiger partial charge is 0.223 e. The third-order valence-electron chi connectivity index (χ3n) is 3.57. The van der Waals surface area contributed by atoms with Crippen molar-refractivity contribution in [3.8, 4) is 0 Å². The van der Waals surface area contributed by atoms with E-state index in [1.165, 1.54) is 19.3 Å². The quantitative estimate of drug-likeness (QED) is 0.745. The summed E-state index contributed by atoms with van der Waals surface area (Å²) >= 11 is 0. The van der Waals surface area contributed by atoms with E-state index in [9.17, 15) is 4.79 Å². The predicted octanol–water partition coefficient (Wildman–Crippen LogP) is 1.32. The van der Waals surface area contributed by atoms with E-state index in [0.717, 1.165) is 32.6 Å². The second kappa shape index (κ2) is 8.48. The van der Waals surface area contributed by atoms with Gasteiger partial charge in [-0.15, -0.1) is 0 Å². The highest BCUT2D eigenvalue weighted by Crippen LogP contribution is 2.09. The summed E-state index contributed by atoms with van der Waals surface area (Å²) in [6, 6.07) is 0.625. The summed E-state index contributed by atoms with van der Waals surface area (Å²) in [5, 5.41) is 3.58. The fourth-order valence-electron chi connectivity index (χ4n) is 2.48.